The van der Waals surface area contributed by atoms with E-state index in [1.54, 1.807) is 11.3 Å². The predicted octanol–water partition coefficient (Wildman–Crippen LogP) is 3.36. The van der Waals surface area contributed by atoms with Crippen molar-refractivity contribution in [3.8, 4) is 5.75 Å². The fourth-order valence-corrected chi connectivity index (χ4v) is 2.60. The lowest BCUT2D eigenvalue weighted by molar-refractivity contribution is 0.173. The van der Waals surface area contributed by atoms with Crippen molar-refractivity contribution in [2.24, 2.45) is 0 Å². The molecule has 108 valence electrons. The Hall–Kier alpha value is -1.36. The quantitative estimate of drug-likeness (QED) is 0.822. The highest BCUT2D eigenvalue weighted by molar-refractivity contribution is 7.09. The smallest absolute Gasteiger partial charge is 0.120 e. The first-order chi connectivity index (χ1) is 9.65. The lowest BCUT2D eigenvalue weighted by Crippen LogP contribution is -2.20. The standard InChI is InChI=1S/C16H21NO2S/c1-12(2)19-14-6-3-5-13(9-14)16(18)11-17-10-15-7-4-8-20-15/h3-9,12,16-18H,10-11H2,1-2H3. The molecule has 1 unspecified atom stereocenters. The summed E-state index contributed by atoms with van der Waals surface area (Å²) in [6.45, 7) is 5.30. The molecule has 0 radical (unpaired) electrons. The summed E-state index contributed by atoms with van der Waals surface area (Å²) in [5, 5.41) is 15.5. The molecule has 1 heterocycles. The maximum atomic E-state index is 10.2. The fourth-order valence-electron chi connectivity index (χ4n) is 1.93. The molecule has 3 nitrogen and oxygen atoms in total. The van der Waals surface area contributed by atoms with Gasteiger partial charge in [0.2, 0.25) is 0 Å². The zero-order valence-electron chi connectivity index (χ0n) is 11.9. The molecule has 2 N–H and O–H groups in total. The average molecular weight is 291 g/mol. The van der Waals surface area contributed by atoms with Gasteiger partial charge < -0.3 is 15.2 Å². The Morgan fingerprint density at radius 3 is 2.80 bits per heavy atom. The Kier molecular flexibility index (Phi) is 5.59. The van der Waals surface area contributed by atoms with Crippen LogP contribution in [0.1, 0.15) is 30.4 Å². The number of hydrogen-bond donors (Lipinski definition) is 2. The second kappa shape index (κ2) is 7.43. The summed E-state index contributed by atoms with van der Waals surface area (Å²) < 4.78 is 5.64. The molecule has 0 spiro atoms. The van der Waals surface area contributed by atoms with Crippen LogP contribution in [0.15, 0.2) is 41.8 Å². The molecular weight excluding hydrogens is 270 g/mol. The Labute approximate surface area is 124 Å². The van der Waals surface area contributed by atoms with Crippen molar-refractivity contribution >= 4 is 11.3 Å². The number of aliphatic hydroxyl groups excluding tert-OH is 1. The first kappa shape index (κ1) is 15.0. The minimum Gasteiger partial charge on any atom is -0.491 e. The molecule has 1 aromatic heterocycles. The van der Waals surface area contributed by atoms with Gasteiger partial charge in [0, 0.05) is 18.0 Å². The highest BCUT2D eigenvalue weighted by atomic mass is 32.1. The van der Waals surface area contributed by atoms with E-state index in [0.29, 0.717) is 6.54 Å². The van der Waals surface area contributed by atoms with Crippen LogP contribution in [-0.2, 0) is 6.54 Å². The normalized spacial score (nSPS) is 12.6. The Morgan fingerprint density at radius 1 is 1.25 bits per heavy atom. The van der Waals surface area contributed by atoms with Crippen LogP contribution in [0.25, 0.3) is 0 Å². The largest absolute Gasteiger partial charge is 0.491 e. The van der Waals surface area contributed by atoms with Crippen molar-refractivity contribution in [2.45, 2.75) is 32.6 Å². The number of thiophene rings is 1. The van der Waals surface area contributed by atoms with E-state index in [-0.39, 0.29) is 6.10 Å². The third-order valence-corrected chi connectivity index (χ3v) is 3.71. The molecule has 0 fully saturated rings. The molecule has 2 aromatic rings. The third kappa shape index (κ3) is 4.63. The summed E-state index contributed by atoms with van der Waals surface area (Å²) in [6.07, 6.45) is -0.384. The molecule has 0 aliphatic rings. The fraction of sp³-hybridized carbons (Fsp3) is 0.375. The van der Waals surface area contributed by atoms with Gasteiger partial charge in [-0.15, -0.1) is 11.3 Å². The van der Waals surface area contributed by atoms with Crippen molar-refractivity contribution < 1.29 is 9.84 Å². The Balaban J connectivity index is 1.86. The van der Waals surface area contributed by atoms with Gasteiger partial charge >= 0.3 is 0 Å². The molecular formula is C16H21NO2S. The van der Waals surface area contributed by atoms with Gasteiger partial charge in [-0.3, -0.25) is 0 Å². The van der Waals surface area contributed by atoms with E-state index in [2.05, 4.69) is 16.8 Å². The second-order valence-corrected chi connectivity index (χ2v) is 6.00. The van der Waals surface area contributed by atoms with Gasteiger partial charge in [0.25, 0.3) is 0 Å². The molecule has 1 atom stereocenters. The van der Waals surface area contributed by atoms with Crippen molar-refractivity contribution in [3.63, 3.8) is 0 Å². The Morgan fingerprint density at radius 2 is 2.10 bits per heavy atom. The van der Waals surface area contributed by atoms with Crippen LogP contribution in [0.2, 0.25) is 0 Å². The average Bonchev–Trinajstić information content (AvgIpc) is 2.91. The van der Waals surface area contributed by atoms with Gasteiger partial charge in [-0.25, -0.2) is 0 Å². The van der Waals surface area contributed by atoms with Crippen LogP contribution < -0.4 is 10.1 Å². The monoisotopic (exact) mass is 291 g/mol. The molecule has 4 heteroatoms. The van der Waals surface area contributed by atoms with Crippen LogP contribution in [0, 0.1) is 0 Å². The summed E-state index contributed by atoms with van der Waals surface area (Å²) in [5.41, 5.74) is 0.877. The van der Waals surface area contributed by atoms with E-state index in [1.807, 2.05) is 44.2 Å². The van der Waals surface area contributed by atoms with Crippen molar-refractivity contribution in [1.82, 2.24) is 5.32 Å². The highest BCUT2D eigenvalue weighted by Gasteiger charge is 2.08. The van der Waals surface area contributed by atoms with Crippen molar-refractivity contribution in [2.75, 3.05) is 6.54 Å². The zero-order valence-corrected chi connectivity index (χ0v) is 12.7. The summed E-state index contributed by atoms with van der Waals surface area (Å²) in [5.74, 6) is 0.801. The molecule has 1 aromatic carbocycles. The third-order valence-electron chi connectivity index (χ3n) is 2.83. The number of benzene rings is 1. The molecule has 2 rings (SSSR count). The minimum absolute atomic E-state index is 0.138. The van der Waals surface area contributed by atoms with E-state index < -0.39 is 6.10 Å². The topological polar surface area (TPSA) is 41.5 Å². The van der Waals surface area contributed by atoms with E-state index in [9.17, 15) is 5.11 Å². The van der Waals surface area contributed by atoms with Gasteiger partial charge in [0.15, 0.2) is 0 Å². The summed E-state index contributed by atoms with van der Waals surface area (Å²) in [6, 6.07) is 11.8. The first-order valence-electron chi connectivity index (χ1n) is 6.83. The molecule has 0 aliphatic carbocycles. The molecule has 0 saturated carbocycles. The lowest BCUT2D eigenvalue weighted by atomic mass is 10.1. The van der Waals surface area contributed by atoms with Crippen molar-refractivity contribution in [1.29, 1.82) is 0 Å². The predicted molar refractivity (Wildman–Crippen MR) is 83.2 cm³/mol. The number of hydrogen-bond acceptors (Lipinski definition) is 4. The maximum Gasteiger partial charge on any atom is 0.120 e. The number of aliphatic hydroxyl groups is 1. The number of rotatable bonds is 7. The van der Waals surface area contributed by atoms with E-state index in [4.69, 9.17) is 4.74 Å². The molecule has 0 saturated heterocycles. The summed E-state index contributed by atoms with van der Waals surface area (Å²) in [7, 11) is 0. The van der Waals surface area contributed by atoms with Gasteiger partial charge in [-0.05, 0) is 43.0 Å². The van der Waals surface area contributed by atoms with E-state index in [1.165, 1.54) is 4.88 Å². The van der Waals surface area contributed by atoms with Gasteiger partial charge in [0.05, 0.1) is 12.2 Å². The van der Waals surface area contributed by atoms with Crippen LogP contribution in [0.3, 0.4) is 0 Å². The van der Waals surface area contributed by atoms with Crippen LogP contribution in [0.5, 0.6) is 5.75 Å². The highest BCUT2D eigenvalue weighted by Crippen LogP contribution is 2.20. The van der Waals surface area contributed by atoms with E-state index in [0.717, 1.165) is 17.9 Å². The number of ether oxygens (including phenoxy) is 1. The van der Waals surface area contributed by atoms with Gasteiger partial charge in [-0.2, -0.15) is 0 Å². The van der Waals surface area contributed by atoms with Gasteiger partial charge in [0.1, 0.15) is 5.75 Å². The number of nitrogens with one attached hydrogen (secondary N) is 1. The molecule has 0 aliphatic heterocycles. The van der Waals surface area contributed by atoms with Gasteiger partial charge in [-0.1, -0.05) is 18.2 Å². The summed E-state index contributed by atoms with van der Waals surface area (Å²) in [4.78, 5) is 1.27. The van der Waals surface area contributed by atoms with E-state index >= 15 is 0 Å². The molecule has 0 bridgehead atoms. The molecule has 20 heavy (non-hydrogen) atoms. The lowest BCUT2D eigenvalue weighted by Gasteiger charge is -2.15. The van der Waals surface area contributed by atoms with Crippen molar-refractivity contribution in [3.05, 3.63) is 52.2 Å². The van der Waals surface area contributed by atoms with Crippen LogP contribution >= 0.6 is 11.3 Å². The first-order valence-corrected chi connectivity index (χ1v) is 7.71. The SMILES string of the molecule is CC(C)Oc1cccc(C(O)CNCc2cccs2)c1. The molecule has 0 amide bonds. The van der Waals surface area contributed by atoms with Crippen LogP contribution in [0.4, 0.5) is 0 Å². The second-order valence-electron chi connectivity index (χ2n) is 4.97. The van der Waals surface area contributed by atoms with Crippen LogP contribution in [-0.4, -0.2) is 17.8 Å². The summed E-state index contributed by atoms with van der Waals surface area (Å²) >= 11 is 1.72. The minimum atomic E-state index is -0.523. The Bertz CT molecular complexity index is 511. The zero-order chi connectivity index (χ0) is 14.4. The maximum absolute atomic E-state index is 10.2.